The average Bonchev–Trinajstić information content (AvgIpc) is 3.29. The number of amidine groups is 1. The highest BCUT2D eigenvalue weighted by Gasteiger charge is 2.28. The zero-order valence-corrected chi connectivity index (χ0v) is 13.7. The maximum Gasteiger partial charge on any atom is 0.255 e. The lowest BCUT2D eigenvalue weighted by Gasteiger charge is -2.26. The van der Waals surface area contributed by atoms with E-state index in [1.165, 1.54) is 0 Å². The number of hydrogen-bond acceptors (Lipinski definition) is 7. The Morgan fingerprint density at radius 1 is 1.29 bits per heavy atom. The van der Waals surface area contributed by atoms with Gasteiger partial charge in [0.15, 0.2) is 11.5 Å². The lowest BCUT2D eigenvalue weighted by atomic mass is 10.1. The van der Waals surface area contributed by atoms with Gasteiger partial charge in [-0.15, -0.1) is 16.4 Å². The standard InChI is InChI=1S/C16H14N6OS/c1-22-9-11(10-4-6-18-7-5-10)19-13(14(22)17)16-21-20-15(23-16)12-3-2-8-24-12/h2-8,17,21H,9H2,1H3. The van der Waals surface area contributed by atoms with E-state index in [1.54, 1.807) is 23.7 Å². The van der Waals surface area contributed by atoms with Crippen LogP contribution in [0, 0.1) is 5.41 Å². The third-order valence-corrected chi connectivity index (χ3v) is 4.52. The quantitative estimate of drug-likeness (QED) is 0.877. The molecule has 0 saturated carbocycles. The lowest BCUT2D eigenvalue weighted by Crippen LogP contribution is -2.38. The first-order valence-electron chi connectivity index (χ1n) is 7.30. The molecule has 0 saturated heterocycles. The summed E-state index contributed by atoms with van der Waals surface area (Å²) in [5, 5.41) is 14.4. The van der Waals surface area contributed by atoms with Crippen molar-refractivity contribution in [1.29, 1.82) is 5.41 Å². The van der Waals surface area contributed by atoms with Crippen molar-refractivity contribution in [2.45, 2.75) is 0 Å². The van der Waals surface area contributed by atoms with Gasteiger partial charge in [-0.25, -0.2) is 10.4 Å². The van der Waals surface area contributed by atoms with Crippen molar-refractivity contribution in [2.24, 2.45) is 10.1 Å². The molecule has 7 nitrogen and oxygen atoms in total. The number of aromatic nitrogens is 1. The minimum atomic E-state index is 0.290. The first-order chi connectivity index (χ1) is 11.7. The number of thiophene rings is 1. The van der Waals surface area contributed by atoms with Crippen LogP contribution in [0.5, 0.6) is 0 Å². The second-order valence-electron chi connectivity index (χ2n) is 5.28. The van der Waals surface area contributed by atoms with Crippen molar-refractivity contribution in [3.8, 4) is 0 Å². The number of hydrazone groups is 1. The molecule has 0 unspecified atom stereocenters. The largest absolute Gasteiger partial charge is 0.416 e. The van der Waals surface area contributed by atoms with Crippen molar-refractivity contribution < 1.29 is 4.74 Å². The third-order valence-electron chi connectivity index (χ3n) is 3.66. The number of nitrogens with one attached hydrogen (secondary N) is 2. The minimum absolute atomic E-state index is 0.290. The smallest absolute Gasteiger partial charge is 0.255 e. The summed E-state index contributed by atoms with van der Waals surface area (Å²) in [4.78, 5) is 11.4. The van der Waals surface area contributed by atoms with E-state index in [1.807, 2.05) is 41.6 Å². The van der Waals surface area contributed by atoms with Crippen LogP contribution in [0.3, 0.4) is 0 Å². The van der Waals surface area contributed by atoms with E-state index in [9.17, 15) is 0 Å². The van der Waals surface area contributed by atoms with E-state index in [-0.39, 0.29) is 5.84 Å². The second kappa shape index (κ2) is 5.89. The van der Waals surface area contributed by atoms with Crippen LogP contribution in [0.1, 0.15) is 10.4 Å². The fraction of sp³-hybridized carbons (Fsp3) is 0.125. The van der Waals surface area contributed by atoms with Crippen LogP contribution >= 0.6 is 11.3 Å². The molecule has 0 bridgehead atoms. The molecular formula is C16H14N6OS. The van der Waals surface area contributed by atoms with Gasteiger partial charge in [-0.1, -0.05) is 6.07 Å². The first-order valence-corrected chi connectivity index (χ1v) is 8.18. The van der Waals surface area contributed by atoms with E-state index in [0.29, 0.717) is 24.0 Å². The summed E-state index contributed by atoms with van der Waals surface area (Å²) < 4.78 is 5.79. The molecule has 24 heavy (non-hydrogen) atoms. The summed E-state index contributed by atoms with van der Waals surface area (Å²) in [6.45, 7) is 0.554. The minimum Gasteiger partial charge on any atom is -0.416 e. The Balaban J connectivity index is 1.70. The molecular weight excluding hydrogens is 324 g/mol. The Kier molecular flexibility index (Phi) is 3.58. The normalized spacial score (nSPS) is 20.4. The lowest BCUT2D eigenvalue weighted by molar-refractivity contribution is 0.409. The molecule has 2 N–H and O–H groups in total. The van der Waals surface area contributed by atoms with Crippen LogP contribution in [0.15, 0.2) is 63.7 Å². The van der Waals surface area contributed by atoms with Gasteiger partial charge in [0.2, 0.25) is 5.88 Å². The molecule has 0 aromatic carbocycles. The molecule has 2 aliphatic heterocycles. The summed E-state index contributed by atoms with van der Waals surface area (Å²) in [7, 11) is 1.86. The molecule has 0 spiro atoms. The fourth-order valence-electron chi connectivity index (χ4n) is 2.42. The molecule has 0 fully saturated rings. The molecule has 120 valence electrons. The number of rotatable bonds is 2. The summed E-state index contributed by atoms with van der Waals surface area (Å²) in [6, 6.07) is 7.68. The predicted molar refractivity (Wildman–Crippen MR) is 93.2 cm³/mol. The highest BCUT2D eigenvalue weighted by atomic mass is 32.1. The van der Waals surface area contributed by atoms with Crippen LogP contribution in [0.2, 0.25) is 0 Å². The van der Waals surface area contributed by atoms with E-state index in [0.717, 1.165) is 16.2 Å². The van der Waals surface area contributed by atoms with Crippen LogP contribution in [-0.2, 0) is 4.74 Å². The molecule has 0 aliphatic carbocycles. The Labute approximate surface area is 142 Å². The van der Waals surface area contributed by atoms with E-state index < -0.39 is 0 Å². The van der Waals surface area contributed by atoms with Gasteiger partial charge in [-0.05, 0) is 23.6 Å². The van der Waals surface area contributed by atoms with Gasteiger partial charge in [0.1, 0.15) is 0 Å². The molecule has 4 rings (SSSR count). The molecule has 0 atom stereocenters. The molecule has 2 aromatic rings. The highest BCUT2D eigenvalue weighted by Crippen LogP contribution is 2.22. The second-order valence-corrected chi connectivity index (χ2v) is 6.23. The first kappa shape index (κ1) is 14.6. The van der Waals surface area contributed by atoms with Crippen LogP contribution < -0.4 is 5.43 Å². The molecule has 0 radical (unpaired) electrons. The molecule has 2 aromatic heterocycles. The third kappa shape index (κ3) is 2.56. The summed E-state index contributed by atoms with van der Waals surface area (Å²) in [5.74, 6) is 1.16. The molecule has 8 heteroatoms. The van der Waals surface area contributed by atoms with Crippen LogP contribution in [0.25, 0.3) is 0 Å². The van der Waals surface area contributed by atoms with Gasteiger partial charge < -0.3 is 9.64 Å². The number of hydrogen-bond donors (Lipinski definition) is 2. The van der Waals surface area contributed by atoms with Crippen molar-refractivity contribution in [2.75, 3.05) is 13.6 Å². The maximum atomic E-state index is 8.29. The topological polar surface area (TPSA) is 86.0 Å². The number of nitrogens with zero attached hydrogens (tertiary/aromatic N) is 4. The number of pyridine rings is 1. The van der Waals surface area contributed by atoms with Crippen LogP contribution in [-0.4, -0.2) is 40.9 Å². The Morgan fingerprint density at radius 2 is 2.12 bits per heavy atom. The van der Waals surface area contributed by atoms with Gasteiger partial charge in [0.25, 0.3) is 5.90 Å². The Bertz CT molecular complexity index is 869. The number of aliphatic imine (C=N–C) groups is 1. The maximum absolute atomic E-state index is 8.29. The number of ether oxygens (including phenoxy) is 1. The summed E-state index contributed by atoms with van der Waals surface area (Å²) >= 11 is 1.54. The molecule has 0 amide bonds. The molecule has 4 heterocycles. The van der Waals surface area contributed by atoms with Gasteiger partial charge in [0.05, 0.1) is 17.1 Å². The van der Waals surface area contributed by atoms with E-state index in [2.05, 4.69) is 20.5 Å². The zero-order valence-electron chi connectivity index (χ0n) is 12.9. The summed E-state index contributed by atoms with van der Waals surface area (Å²) in [6.07, 6.45) is 3.46. The SMILES string of the molecule is CN1CC(c2ccncc2)=NC(=C2NN=C(c3cccs3)O2)C1=N. The van der Waals surface area contributed by atoms with Crippen molar-refractivity contribution in [1.82, 2.24) is 15.3 Å². The van der Waals surface area contributed by atoms with E-state index in [4.69, 9.17) is 10.1 Å². The van der Waals surface area contributed by atoms with Gasteiger partial charge in [-0.2, -0.15) is 0 Å². The average molecular weight is 338 g/mol. The van der Waals surface area contributed by atoms with Crippen molar-refractivity contribution in [3.63, 3.8) is 0 Å². The predicted octanol–water partition coefficient (Wildman–Crippen LogP) is 2.01. The number of likely N-dealkylation sites (N-methyl/N-ethyl adjacent to an activating group) is 1. The monoisotopic (exact) mass is 338 g/mol. The van der Waals surface area contributed by atoms with Gasteiger partial charge in [0, 0.05) is 25.0 Å². The van der Waals surface area contributed by atoms with Gasteiger partial charge >= 0.3 is 0 Å². The highest BCUT2D eigenvalue weighted by molar-refractivity contribution is 7.12. The van der Waals surface area contributed by atoms with Crippen molar-refractivity contribution in [3.05, 3.63) is 64.1 Å². The summed E-state index contributed by atoms with van der Waals surface area (Å²) in [5.41, 5.74) is 5.12. The van der Waals surface area contributed by atoms with Gasteiger partial charge in [-0.3, -0.25) is 10.4 Å². The Hall–Kier alpha value is -3.00. The fourth-order valence-corrected chi connectivity index (χ4v) is 3.07. The zero-order chi connectivity index (χ0) is 16.5. The molecule has 2 aliphatic rings. The van der Waals surface area contributed by atoms with E-state index >= 15 is 0 Å². The van der Waals surface area contributed by atoms with Crippen LogP contribution in [0.4, 0.5) is 0 Å². The van der Waals surface area contributed by atoms with Crippen molar-refractivity contribution >= 4 is 28.8 Å². The Morgan fingerprint density at radius 3 is 2.88 bits per heavy atom.